The van der Waals surface area contributed by atoms with Crippen molar-refractivity contribution >= 4 is 22.1 Å². The number of esters is 2. The van der Waals surface area contributed by atoms with Gasteiger partial charge in [-0.2, -0.15) is 8.42 Å². The predicted octanol–water partition coefficient (Wildman–Crippen LogP) is 0.131. The van der Waals surface area contributed by atoms with Crippen LogP contribution in [0.15, 0.2) is 12.1 Å². The zero-order valence-electron chi connectivity index (χ0n) is 11.1. The molecule has 0 atom stereocenters. The molecule has 0 aliphatic carbocycles. The fraction of sp³-hybridized carbons (Fsp3) is 0.364. The Morgan fingerprint density at radius 3 is 2.25 bits per heavy atom. The van der Waals surface area contributed by atoms with Gasteiger partial charge < -0.3 is 9.47 Å². The van der Waals surface area contributed by atoms with E-state index in [0.29, 0.717) is 0 Å². The molecule has 1 heterocycles. The van der Waals surface area contributed by atoms with E-state index in [-0.39, 0.29) is 17.0 Å². The molecule has 0 unspecified atom stereocenters. The fourth-order valence-electron chi connectivity index (χ4n) is 1.27. The smallest absolute Gasteiger partial charge is 0.356 e. The summed E-state index contributed by atoms with van der Waals surface area (Å²) in [5.74, 6) is -1.46. The van der Waals surface area contributed by atoms with Crippen LogP contribution in [0.4, 0.5) is 0 Å². The summed E-state index contributed by atoms with van der Waals surface area (Å²) < 4.78 is 35.4. The summed E-state index contributed by atoms with van der Waals surface area (Å²) in [6.45, 7) is -0.409. The van der Waals surface area contributed by atoms with Crippen LogP contribution in [0.5, 0.6) is 0 Å². The van der Waals surface area contributed by atoms with Gasteiger partial charge in [0.1, 0.15) is 12.3 Å². The van der Waals surface area contributed by atoms with Crippen molar-refractivity contribution < 1.29 is 31.7 Å². The lowest BCUT2D eigenvalue weighted by Gasteiger charge is -2.07. The molecule has 20 heavy (non-hydrogen) atoms. The summed E-state index contributed by atoms with van der Waals surface area (Å²) in [5.41, 5.74) is -0.0313. The van der Waals surface area contributed by atoms with E-state index in [1.54, 1.807) is 0 Å². The molecule has 9 heteroatoms. The van der Waals surface area contributed by atoms with Crippen LogP contribution in [-0.2, 0) is 30.4 Å². The molecule has 0 aliphatic rings. The molecule has 0 saturated heterocycles. The summed E-state index contributed by atoms with van der Waals surface area (Å²) in [6, 6.07) is 2.45. The van der Waals surface area contributed by atoms with Crippen LogP contribution in [0, 0.1) is 0 Å². The van der Waals surface area contributed by atoms with Crippen LogP contribution in [0.25, 0.3) is 0 Å². The summed E-state index contributed by atoms with van der Waals surface area (Å²) in [7, 11) is -1.34. The first-order chi connectivity index (χ1) is 9.26. The number of rotatable bonds is 5. The molecule has 1 aromatic heterocycles. The monoisotopic (exact) mass is 303 g/mol. The van der Waals surface area contributed by atoms with E-state index in [0.717, 1.165) is 13.4 Å². The summed E-state index contributed by atoms with van der Waals surface area (Å²) in [6.07, 6.45) is 0.873. The maximum absolute atomic E-state index is 11.5. The van der Waals surface area contributed by atoms with Crippen molar-refractivity contribution in [1.29, 1.82) is 0 Å². The Labute approximate surface area is 115 Å². The lowest BCUT2D eigenvalue weighted by molar-refractivity contribution is 0.0592. The zero-order chi connectivity index (χ0) is 15.3. The average molecular weight is 303 g/mol. The van der Waals surface area contributed by atoms with E-state index in [9.17, 15) is 18.0 Å². The molecule has 0 bridgehead atoms. The molecule has 0 N–H and O–H groups in total. The Bertz CT molecular complexity index is 589. The van der Waals surface area contributed by atoms with Crippen LogP contribution in [0.3, 0.4) is 0 Å². The second-order valence-corrected chi connectivity index (χ2v) is 5.33. The molecular weight excluding hydrogens is 290 g/mol. The Balaban J connectivity index is 3.16. The molecule has 0 spiro atoms. The minimum Gasteiger partial charge on any atom is -0.465 e. The molecule has 8 nitrogen and oxygen atoms in total. The third-order valence-corrected chi connectivity index (χ3v) is 2.66. The first kappa shape index (κ1) is 16.1. The third-order valence-electron chi connectivity index (χ3n) is 2.11. The molecule has 1 aromatic rings. The molecule has 0 aromatic carbocycles. The van der Waals surface area contributed by atoms with E-state index in [1.165, 1.54) is 19.2 Å². The highest BCUT2D eigenvalue weighted by molar-refractivity contribution is 7.85. The Hall–Kier alpha value is -2.00. The van der Waals surface area contributed by atoms with Gasteiger partial charge in [-0.1, -0.05) is 0 Å². The molecule has 0 amide bonds. The summed E-state index contributed by atoms with van der Waals surface area (Å²) >= 11 is 0. The highest BCUT2D eigenvalue weighted by Crippen LogP contribution is 2.11. The second kappa shape index (κ2) is 6.44. The lowest BCUT2D eigenvalue weighted by Crippen LogP contribution is -2.12. The highest BCUT2D eigenvalue weighted by Gasteiger charge is 2.16. The van der Waals surface area contributed by atoms with Crippen molar-refractivity contribution in [1.82, 2.24) is 4.98 Å². The topological polar surface area (TPSA) is 109 Å². The van der Waals surface area contributed by atoms with Crippen molar-refractivity contribution in [3.63, 3.8) is 0 Å². The van der Waals surface area contributed by atoms with Crippen molar-refractivity contribution in [3.05, 3.63) is 29.1 Å². The molecule has 1 rings (SSSR count). The Morgan fingerprint density at radius 1 is 1.15 bits per heavy atom. The van der Waals surface area contributed by atoms with Gasteiger partial charge in [-0.25, -0.2) is 14.6 Å². The number of hydrogen-bond acceptors (Lipinski definition) is 8. The van der Waals surface area contributed by atoms with Crippen LogP contribution in [-0.4, -0.2) is 45.8 Å². The Morgan fingerprint density at radius 2 is 1.75 bits per heavy atom. The van der Waals surface area contributed by atoms with Gasteiger partial charge in [0.05, 0.1) is 31.7 Å². The van der Waals surface area contributed by atoms with E-state index in [1.807, 2.05) is 0 Å². The number of aromatic nitrogens is 1. The van der Waals surface area contributed by atoms with Crippen molar-refractivity contribution in [3.8, 4) is 0 Å². The van der Waals surface area contributed by atoms with E-state index >= 15 is 0 Å². The van der Waals surface area contributed by atoms with Crippen LogP contribution in [0.2, 0.25) is 0 Å². The average Bonchev–Trinajstić information content (AvgIpc) is 2.42. The van der Waals surface area contributed by atoms with Gasteiger partial charge in [0, 0.05) is 0 Å². The van der Waals surface area contributed by atoms with Gasteiger partial charge in [-0.05, 0) is 12.1 Å². The highest BCUT2D eigenvalue weighted by atomic mass is 32.2. The number of nitrogens with zero attached hydrogens (tertiary/aromatic N) is 1. The Kier molecular flexibility index (Phi) is 5.17. The van der Waals surface area contributed by atoms with Crippen molar-refractivity contribution in [2.24, 2.45) is 0 Å². The lowest BCUT2D eigenvalue weighted by atomic mass is 10.2. The number of hydrogen-bond donors (Lipinski definition) is 0. The van der Waals surface area contributed by atoms with Gasteiger partial charge in [-0.15, -0.1) is 0 Å². The minimum absolute atomic E-state index is 0.0370. The molecule has 0 fully saturated rings. The first-order valence-electron chi connectivity index (χ1n) is 5.29. The maximum atomic E-state index is 11.5. The van der Waals surface area contributed by atoms with E-state index in [2.05, 4.69) is 18.6 Å². The quantitative estimate of drug-likeness (QED) is 0.558. The normalized spacial score (nSPS) is 10.9. The standard InChI is InChI=1S/C11H13NO7S/c1-17-10(13)7-4-8(6-19-20(3,15)16)12-9(5-7)11(14)18-2/h4-5H,6H2,1-3H3. The predicted molar refractivity (Wildman–Crippen MR) is 66.5 cm³/mol. The SMILES string of the molecule is COC(=O)c1cc(COS(C)(=O)=O)nc(C(=O)OC)c1. The maximum Gasteiger partial charge on any atom is 0.356 e. The molecule has 110 valence electrons. The number of carbonyl (C=O) groups is 2. The fourth-order valence-corrected chi connectivity index (χ4v) is 1.61. The minimum atomic E-state index is -3.67. The van der Waals surface area contributed by atoms with Crippen LogP contribution < -0.4 is 0 Å². The summed E-state index contributed by atoms with van der Waals surface area (Å²) in [5, 5.41) is 0. The largest absolute Gasteiger partial charge is 0.465 e. The number of pyridine rings is 1. The molecule has 0 radical (unpaired) electrons. The zero-order valence-corrected chi connectivity index (χ0v) is 11.9. The molecule has 0 aliphatic heterocycles. The molecule has 0 saturated carbocycles. The van der Waals surface area contributed by atoms with E-state index in [4.69, 9.17) is 0 Å². The van der Waals surface area contributed by atoms with Gasteiger partial charge in [-0.3, -0.25) is 4.18 Å². The van der Waals surface area contributed by atoms with Crippen LogP contribution >= 0.6 is 0 Å². The third kappa shape index (κ3) is 4.59. The molecular formula is C11H13NO7S. The van der Waals surface area contributed by atoms with Gasteiger partial charge in [0.2, 0.25) is 0 Å². The first-order valence-corrected chi connectivity index (χ1v) is 7.10. The van der Waals surface area contributed by atoms with Crippen LogP contribution in [0.1, 0.15) is 26.5 Å². The van der Waals surface area contributed by atoms with Gasteiger partial charge in [0.25, 0.3) is 10.1 Å². The number of carbonyl (C=O) groups excluding carboxylic acids is 2. The van der Waals surface area contributed by atoms with Crippen molar-refractivity contribution in [2.45, 2.75) is 6.61 Å². The number of ether oxygens (including phenoxy) is 2. The van der Waals surface area contributed by atoms with Gasteiger partial charge in [0.15, 0.2) is 0 Å². The van der Waals surface area contributed by atoms with E-state index < -0.39 is 28.7 Å². The number of methoxy groups -OCH3 is 2. The second-order valence-electron chi connectivity index (χ2n) is 3.68. The van der Waals surface area contributed by atoms with Gasteiger partial charge >= 0.3 is 11.9 Å². The summed E-state index contributed by atoms with van der Waals surface area (Å²) in [4.78, 5) is 26.8. The van der Waals surface area contributed by atoms with Crippen molar-refractivity contribution in [2.75, 3.05) is 20.5 Å².